The van der Waals surface area contributed by atoms with E-state index in [2.05, 4.69) is 11.0 Å². The minimum Gasteiger partial charge on any atom is -0.334 e. The van der Waals surface area contributed by atoms with Crippen molar-refractivity contribution in [1.29, 1.82) is 5.26 Å². The molecule has 0 aromatic heterocycles. The van der Waals surface area contributed by atoms with Crippen LogP contribution in [-0.4, -0.2) is 48.9 Å². The van der Waals surface area contributed by atoms with Crippen LogP contribution in [0, 0.1) is 11.3 Å². The average molecular weight is 271 g/mol. The van der Waals surface area contributed by atoms with Crippen LogP contribution in [-0.2, 0) is 0 Å². The lowest BCUT2D eigenvalue weighted by atomic mass is 10.00. The summed E-state index contributed by atoms with van der Waals surface area (Å²) in [5, 5.41) is 8.94. The molecular weight excluding hydrogens is 250 g/mol. The number of carbonyl (C=O) groups excluding carboxylic acids is 1. The van der Waals surface area contributed by atoms with Crippen molar-refractivity contribution in [3.8, 4) is 6.07 Å². The standard InChI is InChI=1S/C16H21N3O/c1-18(2)12-15-8-3-4-9-19(15)16(20)14-7-5-6-13(10-14)11-17/h5-7,10,15H,3-4,8-9,12H2,1-2H3/t15-/m0/s1. The maximum absolute atomic E-state index is 12.7. The minimum atomic E-state index is 0.0497. The first-order valence-electron chi connectivity index (χ1n) is 7.07. The van der Waals surface area contributed by atoms with E-state index in [1.807, 2.05) is 19.0 Å². The van der Waals surface area contributed by atoms with Crippen LogP contribution < -0.4 is 0 Å². The summed E-state index contributed by atoms with van der Waals surface area (Å²) in [4.78, 5) is 16.8. The van der Waals surface area contributed by atoms with Gasteiger partial charge in [0.2, 0.25) is 0 Å². The van der Waals surface area contributed by atoms with Crippen molar-refractivity contribution < 1.29 is 4.79 Å². The summed E-state index contributed by atoms with van der Waals surface area (Å²) in [6, 6.07) is 9.35. The fraction of sp³-hybridized carbons (Fsp3) is 0.500. The van der Waals surface area contributed by atoms with Crippen molar-refractivity contribution >= 4 is 5.91 Å². The van der Waals surface area contributed by atoms with Gasteiger partial charge in [0, 0.05) is 24.7 Å². The fourth-order valence-corrected chi connectivity index (χ4v) is 2.77. The number of hydrogen-bond donors (Lipinski definition) is 0. The highest BCUT2D eigenvalue weighted by atomic mass is 16.2. The number of amides is 1. The zero-order valence-electron chi connectivity index (χ0n) is 12.2. The third kappa shape index (κ3) is 3.37. The van der Waals surface area contributed by atoms with Gasteiger partial charge in [0.25, 0.3) is 5.91 Å². The molecule has 4 nitrogen and oxygen atoms in total. The molecule has 1 atom stereocenters. The minimum absolute atomic E-state index is 0.0497. The van der Waals surface area contributed by atoms with Gasteiger partial charge in [-0.05, 0) is 51.6 Å². The highest BCUT2D eigenvalue weighted by Gasteiger charge is 2.27. The first-order chi connectivity index (χ1) is 9.61. The SMILES string of the molecule is CN(C)C[C@@H]1CCCCN1C(=O)c1cccc(C#N)c1. The Labute approximate surface area is 120 Å². The Morgan fingerprint density at radius 2 is 2.25 bits per heavy atom. The molecule has 1 amide bonds. The molecule has 1 heterocycles. The van der Waals surface area contributed by atoms with Crippen molar-refractivity contribution in [3.63, 3.8) is 0 Å². The van der Waals surface area contributed by atoms with Crippen LogP contribution in [0.4, 0.5) is 0 Å². The monoisotopic (exact) mass is 271 g/mol. The number of carbonyl (C=O) groups is 1. The second kappa shape index (κ2) is 6.53. The van der Waals surface area contributed by atoms with Crippen molar-refractivity contribution in [2.75, 3.05) is 27.2 Å². The van der Waals surface area contributed by atoms with E-state index in [-0.39, 0.29) is 11.9 Å². The Morgan fingerprint density at radius 3 is 2.95 bits per heavy atom. The van der Waals surface area contributed by atoms with Gasteiger partial charge in [-0.15, -0.1) is 0 Å². The molecule has 0 spiro atoms. The zero-order chi connectivity index (χ0) is 14.5. The predicted molar refractivity (Wildman–Crippen MR) is 78.4 cm³/mol. The lowest BCUT2D eigenvalue weighted by molar-refractivity contribution is 0.0574. The second-order valence-corrected chi connectivity index (χ2v) is 5.60. The van der Waals surface area contributed by atoms with Crippen LogP contribution in [0.3, 0.4) is 0 Å². The van der Waals surface area contributed by atoms with Gasteiger partial charge >= 0.3 is 0 Å². The molecule has 0 unspecified atom stereocenters. The number of nitriles is 1. The smallest absolute Gasteiger partial charge is 0.254 e. The third-order valence-electron chi connectivity index (χ3n) is 3.70. The summed E-state index contributed by atoms with van der Waals surface area (Å²) < 4.78 is 0. The van der Waals surface area contributed by atoms with E-state index in [4.69, 9.17) is 5.26 Å². The van der Waals surface area contributed by atoms with Crippen LogP contribution in [0.5, 0.6) is 0 Å². The van der Waals surface area contributed by atoms with E-state index in [1.54, 1.807) is 24.3 Å². The Morgan fingerprint density at radius 1 is 1.45 bits per heavy atom. The number of piperidine rings is 1. The van der Waals surface area contributed by atoms with E-state index in [0.29, 0.717) is 11.1 Å². The Balaban J connectivity index is 2.18. The fourth-order valence-electron chi connectivity index (χ4n) is 2.77. The molecule has 1 fully saturated rings. The van der Waals surface area contributed by atoms with Crippen LogP contribution in [0.25, 0.3) is 0 Å². The molecule has 0 bridgehead atoms. The van der Waals surface area contributed by atoms with Crippen LogP contribution in [0.1, 0.15) is 35.2 Å². The normalized spacial score (nSPS) is 18.9. The highest BCUT2D eigenvalue weighted by Crippen LogP contribution is 2.20. The molecule has 2 rings (SSSR count). The Bertz CT molecular complexity index is 519. The Hall–Kier alpha value is -1.86. The molecule has 0 saturated carbocycles. The van der Waals surface area contributed by atoms with Gasteiger partial charge in [-0.2, -0.15) is 5.26 Å². The van der Waals surface area contributed by atoms with Gasteiger partial charge in [0.05, 0.1) is 11.6 Å². The molecule has 106 valence electrons. The molecule has 1 saturated heterocycles. The molecule has 20 heavy (non-hydrogen) atoms. The van der Waals surface area contributed by atoms with E-state index in [9.17, 15) is 4.79 Å². The molecule has 1 aromatic carbocycles. The van der Waals surface area contributed by atoms with E-state index < -0.39 is 0 Å². The summed E-state index contributed by atoms with van der Waals surface area (Å²) in [5.41, 5.74) is 1.16. The largest absolute Gasteiger partial charge is 0.334 e. The average Bonchev–Trinajstić information content (AvgIpc) is 2.46. The predicted octanol–water partition coefficient (Wildman–Crippen LogP) is 2.11. The maximum atomic E-state index is 12.7. The quantitative estimate of drug-likeness (QED) is 0.846. The number of likely N-dealkylation sites (N-methyl/N-ethyl adjacent to an activating group) is 1. The first kappa shape index (κ1) is 14.5. The van der Waals surface area contributed by atoms with Crippen molar-refractivity contribution in [2.45, 2.75) is 25.3 Å². The molecule has 0 aliphatic carbocycles. The number of hydrogen-bond acceptors (Lipinski definition) is 3. The summed E-state index contributed by atoms with van der Waals surface area (Å²) in [6.45, 7) is 1.71. The van der Waals surface area contributed by atoms with Gasteiger partial charge in [-0.25, -0.2) is 0 Å². The number of likely N-dealkylation sites (tertiary alicyclic amines) is 1. The molecule has 0 radical (unpaired) electrons. The highest BCUT2D eigenvalue weighted by molar-refractivity contribution is 5.94. The lowest BCUT2D eigenvalue weighted by Gasteiger charge is -2.37. The summed E-state index contributed by atoms with van der Waals surface area (Å²) >= 11 is 0. The van der Waals surface area contributed by atoms with Crippen LogP contribution >= 0.6 is 0 Å². The van der Waals surface area contributed by atoms with Crippen molar-refractivity contribution in [2.24, 2.45) is 0 Å². The molecular formula is C16H21N3O. The van der Waals surface area contributed by atoms with Crippen molar-refractivity contribution in [3.05, 3.63) is 35.4 Å². The van der Waals surface area contributed by atoms with Crippen LogP contribution in [0.2, 0.25) is 0 Å². The second-order valence-electron chi connectivity index (χ2n) is 5.60. The molecule has 1 aliphatic rings. The third-order valence-corrected chi connectivity index (χ3v) is 3.70. The summed E-state index contributed by atoms with van der Waals surface area (Å²) in [5.74, 6) is 0.0497. The first-order valence-corrected chi connectivity index (χ1v) is 7.07. The van der Waals surface area contributed by atoms with Crippen molar-refractivity contribution in [1.82, 2.24) is 9.80 Å². The Kier molecular flexibility index (Phi) is 4.75. The van der Waals surface area contributed by atoms with Gasteiger partial charge in [-0.1, -0.05) is 6.07 Å². The molecule has 4 heteroatoms. The topological polar surface area (TPSA) is 47.3 Å². The maximum Gasteiger partial charge on any atom is 0.254 e. The van der Waals surface area contributed by atoms with Crippen LogP contribution in [0.15, 0.2) is 24.3 Å². The van der Waals surface area contributed by atoms with Gasteiger partial charge < -0.3 is 9.80 Å². The van der Waals surface area contributed by atoms with E-state index in [0.717, 1.165) is 25.9 Å². The van der Waals surface area contributed by atoms with Gasteiger partial charge in [0.1, 0.15) is 0 Å². The van der Waals surface area contributed by atoms with E-state index in [1.165, 1.54) is 6.42 Å². The van der Waals surface area contributed by atoms with Gasteiger partial charge in [0.15, 0.2) is 0 Å². The number of rotatable bonds is 3. The zero-order valence-corrected chi connectivity index (χ0v) is 12.2. The summed E-state index contributed by atoms with van der Waals surface area (Å²) in [6.07, 6.45) is 3.30. The van der Waals surface area contributed by atoms with Gasteiger partial charge in [-0.3, -0.25) is 4.79 Å². The summed E-state index contributed by atoms with van der Waals surface area (Å²) in [7, 11) is 4.07. The molecule has 1 aliphatic heterocycles. The molecule has 1 aromatic rings. The lowest BCUT2D eigenvalue weighted by Crippen LogP contribution is -2.48. The van der Waals surface area contributed by atoms with E-state index >= 15 is 0 Å². The molecule has 0 N–H and O–H groups in total. The number of benzene rings is 1. The number of nitrogens with zero attached hydrogens (tertiary/aromatic N) is 3.